The van der Waals surface area contributed by atoms with Gasteiger partial charge in [-0.2, -0.15) is 13.2 Å². The van der Waals surface area contributed by atoms with E-state index in [0.29, 0.717) is 12.2 Å². The quantitative estimate of drug-likeness (QED) is 0.798. The van der Waals surface area contributed by atoms with Crippen LogP contribution in [-0.4, -0.2) is 37.1 Å². The Morgan fingerprint density at radius 2 is 1.89 bits per heavy atom. The van der Waals surface area contributed by atoms with Crippen LogP contribution in [-0.2, 0) is 11.3 Å². The molecule has 0 saturated carbocycles. The Labute approximate surface area is 109 Å². The first-order valence-corrected chi connectivity index (χ1v) is 5.62. The van der Waals surface area contributed by atoms with Gasteiger partial charge in [0.25, 0.3) is 0 Å². The normalized spacial score (nSPS) is 11.6. The lowest BCUT2D eigenvalue weighted by Gasteiger charge is -2.17. The van der Waals surface area contributed by atoms with Crippen molar-refractivity contribution in [1.29, 1.82) is 0 Å². The third-order valence-corrected chi connectivity index (χ3v) is 2.33. The number of amides is 1. The summed E-state index contributed by atoms with van der Waals surface area (Å²) in [5, 5.41) is 1.82. The largest absolute Gasteiger partial charge is 0.405 e. The van der Waals surface area contributed by atoms with Crippen molar-refractivity contribution < 1.29 is 18.0 Å². The van der Waals surface area contributed by atoms with Crippen LogP contribution in [0.1, 0.15) is 5.56 Å². The molecule has 4 nitrogen and oxygen atoms in total. The summed E-state index contributed by atoms with van der Waals surface area (Å²) in [7, 11) is 1.66. The van der Waals surface area contributed by atoms with Gasteiger partial charge in [-0.15, -0.1) is 0 Å². The molecule has 1 aromatic rings. The fourth-order valence-electron chi connectivity index (χ4n) is 1.49. The molecule has 0 aliphatic heterocycles. The number of hydrogen-bond acceptors (Lipinski definition) is 3. The Bertz CT molecular complexity index is 417. The zero-order valence-corrected chi connectivity index (χ0v) is 10.5. The van der Waals surface area contributed by atoms with Gasteiger partial charge in [0.1, 0.15) is 6.54 Å². The topological polar surface area (TPSA) is 58.4 Å². The summed E-state index contributed by atoms with van der Waals surface area (Å²) in [6.45, 7) is -0.943. The Balaban J connectivity index is 2.36. The lowest BCUT2D eigenvalue weighted by Crippen LogP contribution is -2.39. The van der Waals surface area contributed by atoms with Crippen LogP contribution in [0.5, 0.6) is 0 Å². The van der Waals surface area contributed by atoms with Crippen molar-refractivity contribution in [2.24, 2.45) is 0 Å². The van der Waals surface area contributed by atoms with Gasteiger partial charge in [-0.05, 0) is 24.7 Å². The van der Waals surface area contributed by atoms with E-state index < -0.39 is 18.6 Å². The van der Waals surface area contributed by atoms with Crippen molar-refractivity contribution in [2.45, 2.75) is 12.7 Å². The summed E-state index contributed by atoms with van der Waals surface area (Å²) in [4.78, 5) is 12.9. The molecule has 0 aromatic heterocycles. The number of nitrogens with two attached hydrogens (primary N) is 1. The maximum atomic E-state index is 11.9. The third-order valence-electron chi connectivity index (χ3n) is 2.33. The summed E-state index contributed by atoms with van der Waals surface area (Å²) >= 11 is 0. The van der Waals surface area contributed by atoms with Gasteiger partial charge < -0.3 is 11.1 Å². The minimum atomic E-state index is -4.38. The second kappa shape index (κ2) is 6.42. The maximum Gasteiger partial charge on any atom is 0.405 e. The summed E-state index contributed by atoms with van der Waals surface area (Å²) in [6.07, 6.45) is -4.38. The van der Waals surface area contributed by atoms with Crippen molar-refractivity contribution in [3.05, 3.63) is 29.8 Å². The number of anilines is 1. The lowest BCUT2D eigenvalue weighted by atomic mass is 10.2. The maximum absolute atomic E-state index is 11.9. The van der Waals surface area contributed by atoms with Crippen LogP contribution >= 0.6 is 0 Å². The molecule has 0 spiro atoms. The molecule has 0 heterocycles. The summed E-state index contributed by atoms with van der Waals surface area (Å²) in [6, 6.07) is 7.07. The number of halogens is 3. The second-order valence-electron chi connectivity index (χ2n) is 4.31. The Hall–Kier alpha value is -1.76. The Morgan fingerprint density at radius 3 is 2.42 bits per heavy atom. The SMILES string of the molecule is CN(CC(=O)NCC(F)(F)F)Cc1ccc(N)cc1. The van der Waals surface area contributed by atoms with Gasteiger partial charge in [0.05, 0.1) is 6.54 Å². The minimum absolute atomic E-state index is 0.0968. The third kappa shape index (κ3) is 6.66. The number of carbonyl (C=O) groups excluding carboxylic acids is 1. The highest BCUT2D eigenvalue weighted by Crippen LogP contribution is 2.12. The van der Waals surface area contributed by atoms with Crippen molar-refractivity contribution in [3.8, 4) is 0 Å². The zero-order valence-electron chi connectivity index (χ0n) is 10.5. The van der Waals surface area contributed by atoms with E-state index in [1.165, 1.54) is 0 Å². The average molecular weight is 275 g/mol. The first kappa shape index (κ1) is 15.3. The molecule has 0 atom stereocenters. The number of carbonyl (C=O) groups is 1. The number of hydrogen-bond donors (Lipinski definition) is 2. The molecule has 3 N–H and O–H groups in total. The van der Waals surface area contributed by atoms with E-state index in [0.717, 1.165) is 5.56 Å². The molecule has 0 unspecified atom stereocenters. The molecule has 0 bridgehead atoms. The molecule has 19 heavy (non-hydrogen) atoms. The number of alkyl halides is 3. The predicted molar refractivity (Wildman–Crippen MR) is 66.3 cm³/mol. The van der Waals surface area contributed by atoms with Gasteiger partial charge in [-0.25, -0.2) is 0 Å². The molecule has 1 rings (SSSR count). The minimum Gasteiger partial charge on any atom is -0.399 e. The molecule has 0 aliphatic carbocycles. The molecule has 7 heteroatoms. The Morgan fingerprint density at radius 1 is 1.32 bits per heavy atom. The van der Waals surface area contributed by atoms with Crippen molar-refractivity contribution in [1.82, 2.24) is 10.2 Å². The second-order valence-corrected chi connectivity index (χ2v) is 4.31. The van der Waals surface area contributed by atoms with E-state index in [1.807, 2.05) is 5.32 Å². The fraction of sp³-hybridized carbons (Fsp3) is 0.417. The number of benzene rings is 1. The van der Waals surface area contributed by atoms with Crippen molar-refractivity contribution in [2.75, 3.05) is 25.9 Å². The highest BCUT2D eigenvalue weighted by Gasteiger charge is 2.27. The highest BCUT2D eigenvalue weighted by atomic mass is 19.4. The van der Waals surface area contributed by atoms with E-state index in [4.69, 9.17) is 5.73 Å². The molecule has 1 aromatic carbocycles. The first-order valence-electron chi connectivity index (χ1n) is 5.62. The molecule has 0 radical (unpaired) electrons. The van der Waals surface area contributed by atoms with Crippen LogP contribution in [0.4, 0.5) is 18.9 Å². The van der Waals surface area contributed by atoms with Gasteiger partial charge in [0.2, 0.25) is 5.91 Å². The van der Waals surface area contributed by atoms with Gasteiger partial charge in [0.15, 0.2) is 0 Å². The van der Waals surface area contributed by atoms with E-state index >= 15 is 0 Å². The average Bonchev–Trinajstić information content (AvgIpc) is 2.29. The molecule has 0 fully saturated rings. The molecule has 106 valence electrons. The number of likely N-dealkylation sites (N-methyl/N-ethyl adjacent to an activating group) is 1. The van der Waals surface area contributed by atoms with Crippen LogP contribution in [0.15, 0.2) is 24.3 Å². The summed E-state index contributed by atoms with van der Waals surface area (Å²) in [5.74, 6) is -0.657. The van der Waals surface area contributed by atoms with E-state index in [2.05, 4.69) is 0 Å². The van der Waals surface area contributed by atoms with Crippen LogP contribution < -0.4 is 11.1 Å². The van der Waals surface area contributed by atoms with Crippen molar-refractivity contribution in [3.63, 3.8) is 0 Å². The van der Waals surface area contributed by atoms with E-state index in [1.54, 1.807) is 36.2 Å². The highest BCUT2D eigenvalue weighted by molar-refractivity contribution is 5.78. The Kier molecular flexibility index (Phi) is 5.17. The standard InChI is InChI=1S/C12H16F3N3O/c1-18(6-9-2-4-10(16)5-3-9)7-11(19)17-8-12(13,14)15/h2-5H,6-8,16H2,1H3,(H,17,19). The van der Waals surface area contributed by atoms with Crippen LogP contribution in [0.3, 0.4) is 0 Å². The van der Waals surface area contributed by atoms with Crippen molar-refractivity contribution >= 4 is 11.6 Å². The number of rotatable bonds is 5. The summed E-state index contributed by atoms with van der Waals surface area (Å²) < 4.78 is 35.7. The van der Waals surface area contributed by atoms with E-state index in [9.17, 15) is 18.0 Å². The van der Waals surface area contributed by atoms with Crippen LogP contribution in [0, 0.1) is 0 Å². The number of nitrogen functional groups attached to an aromatic ring is 1. The molecule has 1 amide bonds. The monoisotopic (exact) mass is 275 g/mol. The van der Waals surface area contributed by atoms with Gasteiger partial charge in [-0.3, -0.25) is 9.69 Å². The summed E-state index contributed by atoms with van der Waals surface area (Å²) in [5.41, 5.74) is 7.10. The van der Waals surface area contributed by atoms with E-state index in [-0.39, 0.29) is 6.54 Å². The lowest BCUT2D eigenvalue weighted by molar-refractivity contribution is -0.138. The van der Waals surface area contributed by atoms with Gasteiger partial charge >= 0.3 is 6.18 Å². The molecular weight excluding hydrogens is 259 g/mol. The fourth-order valence-corrected chi connectivity index (χ4v) is 1.49. The number of nitrogens with zero attached hydrogens (tertiary/aromatic N) is 1. The molecular formula is C12H16F3N3O. The molecule has 0 saturated heterocycles. The molecule has 0 aliphatic rings. The van der Waals surface area contributed by atoms with Crippen LogP contribution in [0.2, 0.25) is 0 Å². The smallest absolute Gasteiger partial charge is 0.399 e. The zero-order chi connectivity index (χ0) is 14.5. The first-order chi connectivity index (χ1) is 8.76. The predicted octanol–water partition coefficient (Wildman–Crippen LogP) is 1.38. The number of nitrogens with one attached hydrogen (secondary N) is 1. The van der Waals surface area contributed by atoms with Gasteiger partial charge in [-0.1, -0.05) is 12.1 Å². The van der Waals surface area contributed by atoms with Gasteiger partial charge in [0, 0.05) is 12.2 Å². The van der Waals surface area contributed by atoms with Crippen LogP contribution in [0.25, 0.3) is 0 Å².